The predicted molar refractivity (Wildman–Crippen MR) is 92.9 cm³/mol. The number of aliphatic hydroxyl groups excluding tert-OH is 1. The van der Waals surface area contributed by atoms with E-state index in [1.165, 1.54) is 16.7 Å². The van der Waals surface area contributed by atoms with Crippen molar-refractivity contribution >= 4 is 5.97 Å². The van der Waals surface area contributed by atoms with Crippen molar-refractivity contribution in [1.29, 1.82) is 0 Å². The average Bonchev–Trinajstić information content (AvgIpc) is 2.37. The molecular formula is C19H32O3. The lowest BCUT2D eigenvalue weighted by molar-refractivity contribution is -0.139. The summed E-state index contributed by atoms with van der Waals surface area (Å²) < 4.78 is 0. The van der Waals surface area contributed by atoms with Crippen LogP contribution in [0.1, 0.15) is 72.6 Å². The zero-order chi connectivity index (χ0) is 17.0. The average molecular weight is 308 g/mol. The Hall–Kier alpha value is -1.35. The Kier molecular flexibility index (Phi) is 11.5. The lowest BCUT2D eigenvalue weighted by Gasteiger charge is -2.06. The zero-order valence-corrected chi connectivity index (χ0v) is 14.6. The Labute approximate surface area is 135 Å². The Morgan fingerprint density at radius 2 is 1.41 bits per heavy atom. The molecule has 126 valence electrons. The molecule has 0 spiro atoms. The van der Waals surface area contributed by atoms with Gasteiger partial charge in [-0.3, -0.25) is 4.79 Å². The van der Waals surface area contributed by atoms with Gasteiger partial charge in [-0.15, -0.1) is 0 Å². The van der Waals surface area contributed by atoms with Gasteiger partial charge in [0.1, 0.15) is 0 Å². The van der Waals surface area contributed by atoms with E-state index in [-0.39, 0.29) is 6.42 Å². The molecule has 0 aliphatic carbocycles. The van der Waals surface area contributed by atoms with Crippen LogP contribution in [0.5, 0.6) is 0 Å². The first-order chi connectivity index (χ1) is 10.3. The molecule has 0 heterocycles. The van der Waals surface area contributed by atoms with E-state index in [9.17, 15) is 9.90 Å². The lowest BCUT2D eigenvalue weighted by atomic mass is 10.0. The highest BCUT2D eigenvalue weighted by molar-refractivity contribution is 5.67. The quantitative estimate of drug-likeness (QED) is 0.527. The molecule has 0 aromatic carbocycles. The number of aliphatic carboxylic acids is 1. The normalized spacial score (nSPS) is 13.9. The Morgan fingerprint density at radius 3 is 1.91 bits per heavy atom. The standard InChI is InChI=1S/C19H32O3/c1-15(2)8-5-9-16(3)10-6-11-17(4)12-7-13-18(20)14-19(21)22/h8,10,12,18,20H,5-7,9,11,13-14H2,1-4H3,(H,21,22)/b16-10+,17-12+. The van der Waals surface area contributed by atoms with E-state index >= 15 is 0 Å². The fraction of sp³-hybridized carbons (Fsp3) is 0.632. The summed E-state index contributed by atoms with van der Waals surface area (Å²) >= 11 is 0. The number of rotatable bonds is 11. The summed E-state index contributed by atoms with van der Waals surface area (Å²) in [6.07, 6.45) is 11.3. The van der Waals surface area contributed by atoms with E-state index in [4.69, 9.17) is 5.11 Å². The van der Waals surface area contributed by atoms with Crippen LogP contribution in [0.4, 0.5) is 0 Å². The van der Waals surface area contributed by atoms with Crippen LogP contribution in [-0.2, 0) is 4.79 Å². The summed E-state index contributed by atoms with van der Waals surface area (Å²) in [5, 5.41) is 18.0. The van der Waals surface area contributed by atoms with Crippen LogP contribution in [0.2, 0.25) is 0 Å². The lowest BCUT2D eigenvalue weighted by Crippen LogP contribution is -2.12. The van der Waals surface area contributed by atoms with Gasteiger partial charge in [0.05, 0.1) is 12.5 Å². The molecule has 0 amide bonds. The zero-order valence-electron chi connectivity index (χ0n) is 14.6. The van der Waals surface area contributed by atoms with Gasteiger partial charge in [0.25, 0.3) is 0 Å². The predicted octanol–water partition coefficient (Wildman–Crippen LogP) is 5.02. The summed E-state index contributed by atoms with van der Waals surface area (Å²) in [6.45, 7) is 8.53. The van der Waals surface area contributed by atoms with Gasteiger partial charge in [-0.05, 0) is 66.2 Å². The Balaban J connectivity index is 3.91. The summed E-state index contributed by atoms with van der Waals surface area (Å²) in [5.74, 6) is -0.943. The highest BCUT2D eigenvalue weighted by Gasteiger charge is 2.07. The van der Waals surface area contributed by atoms with Gasteiger partial charge in [-0.1, -0.05) is 34.9 Å². The van der Waals surface area contributed by atoms with Gasteiger partial charge in [0.15, 0.2) is 0 Å². The SMILES string of the molecule is CC(C)=CCC/C(C)=C/CC/C(C)=C/CCC(O)CC(=O)O. The molecule has 0 aliphatic heterocycles. The topological polar surface area (TPSA) is 57.5 Å². The molecule has 2 N–H and O–H groups in total. The van der Waals surface area contributed by atoms with E-state index in [0.717, 1.165) is 32.1 Å². The molecular weight excluding hydrogens is 276 g/mol. The van der Waals surface area contributed by atoms with Gasteiger partial charge in [-0.25, -0.2) is 0 Å². The number of carboxylic acid groups (broad SMARTS) is 1. The van der Waals surface area contributed by atoms with Crippen LogP contribution in [-0.4, -0.2) is 22.3 Å². The fourth-order valence-electron chi connectivity index (χ4n) is 2.16. The van der Waals surface area contributed by atoms with Crippen molar-refractivity contribution < 1.29 is 15.0 Å². The molecule has 0 fully saturated rings. The molecule has 0 aromatic rings. The molecule has 3 nitrogen and oxygen atoms in total. The van der Waals surface area contributed by atoms with Crippen LogP contribution in [0.15, 0.2) is 34.9 Å². The summed E-state index contributed by atoms with van der Waals surface area (Å²) in [7, 11) is 0. The van der Waals surface area contributed by atoms with Crippen molar-refractivity contribution in [2.45, 2.75) is 78.7 Å². The van der Waals surface area contributed by atoms with Crippen LogP contribution in [0.25, 0.3) is 0 Å². The molecule has 0 aromatic heterocycles. The number of aliphatic hydroxyl groups is 1. The van der Waals surface area contributed by atoms with Crippen LogP contribution < -0.4 is 0 Å². The molecule has 0 radical (unpaired) electrons. The third-order valence-corrected chi connectivity index (χ3v) is 3.53. The summed E-state index contributed by atoms with van der Waals surface area (Å²) in [4.78, 5) is 10.4. The first-order valence-corrected chi connectivity index (χ1v) is 8.15. The number of allylic oxidation sites excluding steroid dienone is 6. The maximum Gasteiger partial charge on any atom is 0.305 e. The highest BCUT2D eigenvalue weighted by atomic mass is 16.4. The van der Waals surface area contributed by atoms with E-state index < -0.39 is 12.1 Å². The van der Waals surface area contributed by atoms with Gasteiger partial charge >= 0.3 is 5.97 Å². The molecule has 0 rings (SSSR count). The Morgan fingerprint density at radius 1 is 0.909 bits per heavy atom. The van der Waals surface area contributed by atoms with E-state index in [0.29, 0.717) is 6.42 Å². The smallest absolute Gasteiger partial charge is 0.305 e. The maximum atomic E-state index is 10.4. The van der Waals surface area contributed by atoms with Crippen molar-refractivity contribution in [3.63, 3.8) is 0 Å². The van der Waals surface area contributed by atoms with Crippen molar-refractivity contribution in [2.75, 3.05) is 0 Å². The second-order valence-electron chi connectivity index (χ2n) is 6.29. The minimum Gasteiger partial charge on any atom is -0.481 e. The van der Waals surface area contributed by atoms with Gasteiger partial charge in [-0.2, -0.15) is 0 Å². The third-order valence-electron chi connectivity index (χ3n) is 3.53. The van der Waals surface area contributed by atoms with Crippen molar-refractivity contribution in [1.82, 2.24) is 0 Å². The summed E-state index contributed by atoms with van der Waals surface area (Å²) in [5.41, 5.74) is 4.11. The molecule has 0 saturated carbocycles. The molecule has 1 unspecified atom stereocenters. The largest absolute Gasteiger partial charge is 0.481 e. The highest BCUT2D eigenvalue weighted by Crippen LogP contribution is 2.13. The minimum atomic E-state index is -0.943. The van der Waals surface area contributed by atoms with Gasteiger partial charge < -0.3 is 10.2 Å². The third kappa shape index (κ3) is 13.6. The molecule has 0 aliphatic rings. The summed E-state index contributed by atoms with van der Waals surface area (Å²) in [6, 6.07) is 0. The second kappa shape index (κ2) is 12.2. The van der Waals surface area contributed by atoms with Crippen LogP contribution in [0, 0.1) is 0 Å². The monoisotopic (exact) mass is 308 g/mol. The van der Waals surface area contributed by atoms with E-state index in [2.05, 4.69) is 45.9 Å². The van der Waals surface area contributed by atoms with Crippen molar-refractivity contribution in [3.8, 4) is 0 Å². The van der Waals surface area contributed by atoms with Crippen molar-refractivity contribution in [2.24, 2.45) is 0 Å². The first-order valence-electron chi connectivity index (χ1n) is 8.15. The van der Waals surface area contributed by atoms with E-state index in [1.807, 2.05) is 0 Å². The molecule has 1 atom stereocenters. The van der Waals surface area contributed by atoms with E-state index in [1.54, 1.807) is 0 Å². The number of hydrogen-bond acceptors (Lipinski definition) is 2. The second-order valence-corrected chi connectivity index (χ2v) is 6.29. The van der Waals surface area contributed by atoms with Gasteiger partial charge in [0, 0.05) is 0 Å². The van der Waals surface area contributed by atoms with Crippen molar-refractivity contribution in [3.05, 3.63) is 34.9 Å². The maximum absolute atomic E-state index is 10.4. The number of carboxylic acids is 1. The van der Waals surface area contributed by atoms with Crippen LogP contribution >= 0.6 is 0 Å². The first kappa shape index (κ1) is 20.6. The Bertz CT molecular complexity index is 412. The fourth-order valence-corrected chi connectivity index (χ4v) is 2.16. The number of hydrogen-bond donors (Lipinski definition) is 2. The molecule has 3 heteroatoms. The minimum absolute atomic E-state index is 0.166. The molecule has 0 bridgehead atoms. The van der Waals surface area contributed by atoms with Gasteiger partial charge in [0.2, 0.25) is 0 Å². The molecule has 22 heavy (non-hydrogen) atoms. The van der Waals surface area contributed by atoms with Crippen LogP contribution in [0.3, 0.4) is 0 Å². The molecule has 0 saturated heterocycles. The number of carbonyl (C=O) groups is 1.